The molecule has 1 fully saturated rings. The SMILES string of the molecule is CC1CCN(c2ccc3c(c2)CCN(c2ccc(F)cn2)C3)C1. The van der Waals surface area contributed by atoms with Crippen molar-refractivity contribution in [3.63, 3.8) is 0 Å². The Balaban J connectivity index is 1.53. The number of nitrogens with zero attached hydrogens (tertiary/aromatic N) is 3. The minimum Gasteiger partial charge on any atom is -0.371 e. The molecular weight excluding hydrogens is 289 g/mol. The van der Waals surface area contributed by atoms with Gasteiger partial charge in [0.15, 0.2) is 0 Å². The summed E-state index contributed by atoms with van der Waals surface area (Å²) in [6.07, 6.45) is 3.61. The van der Waals surface area contributed by atoms with Gasteiger partial charge in [0.25, 0.3) is 0 Å². The third kappa shape index (κ3) is 2.90. The van der Waals surface area contributed by atoms with E-state index in [1.54, 1.807) is 6.07 Å². The first-order chi connectivity index (χ1) is 11.2. The fraction of sp³-hybridized carbons (Fsp3) is 0.421. The van der Waals surface area contributed by atoms with E-state index in [9.17, 15) is 4.39 Å². The number of anilines is 2. The Labute approximate surface area is 136 Å². The number of halogens is 1. The molecule has 1 unspecified atom stereocenters. The van der Waals surface area contributed by atoms with Gasteiger partial charge in [0.05, 0.1) is 6.20 Å². The maximum Gasteiger partial charge on any atom is 0.141 e. The lowest BCUT2D eigenvalue weighted by Crippen LogP contribution is -2.31. The lowest BCUT2D eigenvalue weighted by Gasteiger charge is -2.31. The minimum atomic E-state index is -0.282. The van der Waals surface area contributed by atoms with Gasteiger partial charge >= 0.3 is 0 Å². The Morgan fingerprint density at radius 3 is 2.74 bits per heavy atom. The van der Waals surface area contributed by atoms with Crippen molar-refractivity contribution in [3.8, 4) is 0 Å². The molecule has 120 valence electrons. The second-order valence-corrected chi connectivity index (χ2v) is 6.80. The van der Waals surface area contributed by atoms with Crippen molar-refractivity contribution in [2.24, 2.45) is 5.92 Å². The Kier molecular flexibility index (Phi) is 3.68. The van der Waals surface area contributed by atoms with E-state index in [-0.39, 0.29) is 5.82 Å². The molecule has 0 radical (unpaired) electrons. The van der Waals surface area contributed by atoms with Gasteiger partial charge in [0, 0.05) is 31.9 Å². The van der Waals surface area contributed by atoms with E-state index in [0.717, 1.165) is 31.2 Å². The molecule has 2 aliphatic rings. The Morgan fingerprint density at radius 1 is 1.09 bits per heavy atom. The zero-order chi connectivity index (χ0) is 15.8. The highest BCUT2D eigenvalue weighted by Crippen LogP contribution is 2.29. The number of hydrogen-bond donors (Lipinski definition) is 0. The molecule has 1 atom stereocenters. The quantitative estimate of drug-likeness (QED) is 0.844. The first-order valence-electron chi connectivity index (χ1n) is 8.42. The van der Waals surface area contributed by atoms with E-state index in [1.165, 1.54) is 48.6 Å². The van der Waals surface area contributed by atoms with E-state index in [0.29, 0.717) is 0 Å². The van der Waals surface area contributed by atoms with Crippen LogP contribution in [0.25, 0.3) is 0 Å². The van der Waals surface area contributed by atoms with Gasteiger partial charge in [0.2, 0.25) is 0 Å². The monoisotopic (exact) mass is 311 g/mol. The molecule has 0 spiro atoms. The molecular formula is C19H22FN3. The van der Waals surface area contributed by atoms with Gasteiger partial charge in [-0.15, -0.1) is 0 Å². The van der Waals surface area contributed by atoms with E-state index in [2.05, 4.69) is 39.9 Å². The summed E-state index contributed by atoms with van der Waals surface area (Å²) in [5, 5.41) is 0. The molecule has 0 aliphatic carbocycles. The summed E-state index contributed by atoms with van der Waals surface area (Å²) in [5.74, 6) is 1.37. The molecule has 1 saturated heterocycles. The van der Waals surface area contributed by atoms with Crippen molar-refractivity contribution < 1.29 is 4.39 Å². The minimum absolute atomic E-state index is 0.282. The lowest BCUT2D eigenvalue weighted by molar-refractivity contribution is 0.619. The molecule has 0 bridgehead atoms. The molecule has 0 N–H and O–H groups in total. The third-order valence-corrected chi connectivity index (χ3v) is 5.03. The van der Waals surface area contributed by atoms with Crippen molar-refractivity contribution >= 4 is 11.5 Å². The summed E-state index contributed by atoms with van der Waals surface area (Å²) >= 11 is 0. The van der Waals surface area contributed by atoms with Gasteiger partial charge in [-0.25, -0.2) is 9.37 Å². The first-order valence-corrected chi connectivity index (χ1v) is 8.42. The topological polar surface area (TPSA) is 19.4 Å². The van der Waals surface area contributed by atoms with Crippen LogP contribution in [-0.2, 0) is 13.0 Å². The smallest absolute Gasteiger partial charge is 0.141 e. The van der Waals surface area contributed by atoms with Crippen LogP contribution in [0.1, 0.15) is 24.5 Å². The van der Waals surface area contributed by atoms with Crippen LogP contribution in [0.3, 0.4) is 0 Å². The molecule has 0 amide bonds. The van der Waals surface area contributed by atoms with Crippen LogP contribution < -0.4 is 9.80 Å². The van der Waals surface area contributed by atoms with Gasteiger partial charge in [-0.2, -0.15) is 0 Å². The van der Waals surface area contributed by atoms with Crippen LogP contribution in [-0.4, -0.2) is 24.6 Å². The van der Waals surface area contributed by atoms with E-state index in [1.807, 2.05) is 0 Å². The van der Waals surface area contributed by atoms with E-state index >= 15 is 0 Å². The normalized spacial score (nSPS) is 20.7. The van der Waals surface area contributed by atoms with Crippen LogP contribution in [0.5, 0.6) is 0 Å². The van der Waals surface area contributed by atoms with E-state index in [4.69, 9.17) is 0 Å². The summed E-state index contributed by atoms with van der Waals surface area (Å²) in [6, 6.07) is 10.1. The third-order valence-electron chi connectivity index (χ3n) is 5.03. The van der Waals surface area contributed by atoms with Crippen LogP contribution in [0.2, 0.25) is 0 Å². The number of rotatable bonds is 2. The average Bonchev–Trinajstić information content (AvgIpc) is 3.01. The number of pyridine rings is 1. The van der Waals surface area contributed by atoms with Crippen molar-refractivity contribution in [3.05, 3.63) is 53.5 Å². The summed E-state index contributed by atoms with van der Waals surface area (Å²) in [5.41, 5.74) is 4.17. The van der Waals surface area contributed by atoms with Crippen LogP contribution in [0, 0.1) is 11.7 Å². The molecule has 4 rings (SSSR count). The summed E-state index contributed by atoms with van der Waals surface area (Å²) in [6.45, 7) is 6.46. The highest BCUT2D eigenvalue weighted by molar-refractivity contribution is 5.54. The van der Waals surface area contributed by atoms with Gasteiger partial charge in [-0.1, -0.05) is 13.0 Å². The largest absolute Gasteiger partial charge is 0.371 e. The summed E-state index contributed by atoms with van der Waals surface area (Å²) in [4.78, 5) is 8.93. The fourth-order valence-corrected chi connectivity index (χ4v) is 3.66. The number of aromatic nitrogens is 1. The summed E-state index contributed by atoms with van der Waals surface area (Å²) in [7, 11) is 0. The molecule has 1 aromatic carbocycles. The fourth-order valence-electron chi connectivity index (χ4n) is 3.66. The zero-order valence-corrected chi connectivity index (χ0v) is 13.5. The van der Waals surface area contributed by atoms with Crippen LogP contribution in [0.4, 0.5) is 15.9 Å². The zero-order valence-electron chi connectivity index (χ0n) is 13.5. The van der Waals surface area contributed by atoms with Crippen LogP contribution in [0.15, 0.2) is 36.5 Å². The molecule has 1 aromatic heterocycles. The lowest BCUT2D eigenvalue weighted by atomic mass is 9.98. The Hall–Kier alpha value is -2.10. The number of hydrogen-bond acceptors (Lipinski definition) is 3. The highest BCUT2D eigenvalue weighted by Gasteiger charge is 2.22. The van der Waals surface area contributed by atoms with Crippen molar-refractivity contribution in [1.82, 2.24) is 4.98 Å². The predicted molar refractivity (Wildman–Crippen MR) is 91.4 cm³/mol. The van der Waals surface area contributed by atoms with Gasteiger partial charge in [-0.3, -0.25) is 0 Å². The van der Waals surface area contributed by atoms with Crippen molar-refractivity contribution in [1.29, 1.82) is 0 Å². The van der Waals surface area contributed by atoms with Gasteiger partial charge < -0.3 is 9.80 Å². The van der Waals surface area contributed by atoms with Crippen molar-refractivity contribution in [2.45, 2.75) is 26.3 Å². The standard InChI is InChI=1S/C19H22FN3/c1-14-6-8-22(12-14)18-4-2-16-13-23(9-7-15(16)10-18)19-5-3-17(20)11-21-19/h2-5,10-11,14H,6-9,12-13H2,1H3. The maximum absolute atomic E-state index is 13.0. The summed E-state index contributed by atoms with van der Waals surface area (Å²) < 4.78 is 13.0. The Morgan fingerprint density at radius 2 is 2.00 bits per heavy atom. The highest BCUT2D eigenvalue weighted by atomic mass is 19.1. The second kappa shape index (κ2) is 5.84. The van der Waals surface area contributed by atoms with Gasteiger partial charge in [-0.05, 0) is 54.2 Å². The van der Waals surface area contributed by atoms with Gasteiger partial charge in [0.1, 0.15) is 11.6 Å². The van der Waals surface area contributed by atoms with Crippen molar-refractivity contribution in [2.75, 3.05) is 29.4 Å². The predicted octanol–water partition coefficient (Wildman–Crippen LogP) is 3.63. The van der Waals surface area contributed by atoms with Crippen LogP contribution >= 0.6 is 0 Å². The average molecular weight is 311 g/mol. The molecule has 3 heterocycles. The maximum atomic E-state index is 13.0. The molecule has 2 aromatic rings. The number of fused-ring (bicyclic) bond motifs is 1. The number of benzene rings is 1. The second-order valence-electron chi connectivity index (χ2n) is 6.80. The molecule has 3 nitrogen and oxygen atoms in total. The molecule has 2 aliphatic heterocycles. The van der Waals surface area contributed by atoms with E-state index < -0.39 is 0 Å². The Bertz CT molecular complexity index is 698. The molecule has 0 saturated carbocycles. The molecule has 23 heavy (non-hydrogen) atoms. The first kappa shape index (κ1) is 14.5. The molecule has 4 heteroatoms.